The van der Waals surface area contributed by atoms with E-state index in [9.17, 15) is 0 Å². The maximum atomic E-state index is 2.45. The lowest BCUT2D eigenvalue weighted by Crippen LogP contribution is -2.15. The monoisotopic (exact) mass is 703 g/mol. The minimum Gasteiger partial charge on any atom is -0.311 e. The predicted molar refractivity (Wildman–Crippen MR) is 235 cm³/mol. The van der Waals surface area contributed by atoms with E-state index >= 15 is 0 Å². The first-order valence-corrected chi connectivity index (χ1v) is 19.3. The van der Waals surface area contributed by atoms with Gasteiger partial charge in [-0.3, -0.25) is 0 Å². The Hall–Kier alpha value is -6.70. The molecule has 0 aromatic heterocycles. The molecule has 0 atom stereocenters. The quantitative estimate of drug-likeness (QED) is 0.156. The van der Waals surface area contributed by atoms with Gasteiger partial charge < -0.3 is 4.90 Å². The lowest BCUT2D eigenvalue weighted by molar-refractivity contribution is 0.667. The number of anilines is 3. The summed E-state index contributed by atoms with van der Waals surface area (Å²) in [6.07, 6.45) is 0. The fourth-order valence-corrected chi connectivity index (χ4v) is 9.06. The van der Waals surface area contributed by atoms with Gasteiger partial charge in [-0.05, 0) is 132 Å². The van der Waals surface area contributed by atoms with Crippen LogP contribution < -0.4 is 4.90 Å². The van der Waals surface area contributed by atoms with E-state index in [0.29, 0.717) is 0 Å². The summed E-state index contributed by atoms with van der Waals surface area (Å²) < 4.78 is 0. The van der Waals surface area contributed by atoms with Crippen molar-refractivity contribution < 1.29 is 0 Å². The van der Waals surface area contributed by atoms with E-state index in [-0.39, 0.29) is 5.41 Å². The first-order chi connectivity index (χ1) is 27.0. The highest BCUT2D eigenvalue weighted by molar-refractivity contribution is 6.19. The standard InChI is InChI=1S/C54H41N/c1-36-13-12-20-49-51(36)46-18-10-11-19-47(46)53-52(49)48-34-27-42(35-50(48)54(53,2)3)41-25-32-45(33-26-41)55(43-28-21-39(22-29-43)37-14-6-4-7-15-37)44-30-23-40(24-31-44)38-16-8-5-9-17-38/h4-35H,1-3H3. The molecule has 0 unspecified atom stereocenters. The average Bonchev–Trinajstić information content (AvgIpc) is 3.48. The Kier molecular flexibility index (Phi) is 7.78. The van der Waals surface area contributed by atoms with Crippen LogP contribution in [0.15, 0.2) is 194 Å². The van der Waals surface area contributed by atoms with Crippen molar-refractivity contribution in [2.45, 2.75) is 26.2 Å². The maximum Gasteiger partial charge on any atom is 0.0462 e. The van der Waals surface area contributed by atoms with Gasteiger partial charge in [-0.2, -0.15) is 0 Å². The molecule has 10 rings (SSSR count). The molecule has 9 aromatic carbocycles. The molecule has 262 valence electrons. The van der Waals surface area contributed by atoms with Crippen LogP contribution in [0.4, 0.5) is 17.1 Å². The highest BCUT2D eigenvalue weighted by Crippen LogP contribution is 2.55. The lowest BCUT2D eigenvalue weighted by atomic mass is 9.78. The molecule has 0 spiro atoms. The Bertz CT molecular complexity index is 2770. The van der Waals surface area contributed by atoms with Crippen molar-refractivity contribution in [1.29, 1.82) is 0 Å². The van der Waals surface area contributed by atoms with Gasteiger partial charge in [0.2, 0.25) is 0 Å². The number of aryl methyl sites for hydroxylation is 1. The van der Waals surface area contributed by atoms with Crippen molar-refractivity contribution in [2.75, 3.05) is 4.90 Å². The molecule has 0 saturated heterocycles. The summed E-state index contributed by atoms with van der Waals surface area (Å²) in [4.78, 5) is 2.36. The van der Waals surface area contributed by atoms with E-state index < -0.39 is 0 Å². The van der Waals surface area contributed by atoms with Gasteiger partial charge in [-0.15, -0.1) is 0 Å². The topological polar surface area (TPSA) is 3.24 Å². The van der Waals surface area contributed by atoms with Crippen molar-refractivity contribution in [3.63, 3.8) is 0 Å². The zero-order chi connectivity index (χ0) is 37.1. The van der Waals surface area contributed by atoms with Gasteiger partial charge in [0, 0.05) is 22.5 Å². The minimum atomic E-state index is -0.146. The molecule has 0 heterocycles. The minimum absolute atomic E-state index is 0.146. The number of nitrogens with zero attached hydrogens (tertiary/aromatic N) is 1. The van der Waals surface area contributed by atoms with Crippen molar-refractivity contribution in [3.05, 3.63) is 211 Å². The second kappa shape index (κ2) is 13.0. The van der Waals surface area contributed by atoms with Crippen molar-refractivity contribution in [1.82, 2.24) is 0 Å². The van der Waals surface area contributed by atoms with Crippen molar-refractivity contribution in [2.24, 2.45) is 0 Å². The highest BCUT2D eigenvalue weighted by atomic mass is 15.1. The molecule has 1 heteroatoms. The molecule has 0 bridgehead atoms. The second-order valence-electron chi connectivity index (χ2n) is 15.4. The average molecular weight is 704 g/mol. The Morgan fingerprint density at radius 2 is 0.818 bits per heavy atom. The summed E-state index contributed by atoms with van der Waals surface area (Å²) in [5.41, 5.74) is 17.4. The Morgan fingerprint density at radius 3 is 1.36 bits per heavy atom. The SMILES string of the molecule is Cc1cccc2c3c(c4ccccc4c12)C(C)(C)c1cc(-c2ccc(N(c4ccc(-c5ccccc5)cc4)c4ccc(-c5ccccc5)cc4)cc2)ccc1-3. The fraction of sp³-hybridized carbons (Fsp3) is 0.0741. The first-order valence-electron chi connectivity index (χ1n) is 19.3. The molecule has 0 amide bonds. The van der Waals surface area contributed by atoms with Gasteiger partial charge in [0.05, 0.1) is 0 Å². The van der Waals surface area contributed by atoms with Crippen LogP contribution >= 0.6 is 0 Å². The van der Waals surface area contributed by atoms with Crippen LogP contribution in [0.25, 0.3) is 66.1 Å². The molecule has 55 heavy (non-hydrogen) atoms. The third-order valence-electron chi connectivity index (χ3n) is 11.8. The molecule has 0 fully saturated rings. The Labute approximate surface area is 323 Å². The number of benzene rings is 9. The van der Waals surface area contributed by atoms with Gasteiger partial charge in [-0.1, -0.05) is 166 Å². The molecule has 1 nitrogen and oxygen atoms in total. The molecule has 0 N–H and O–H groups in total. The van der Waals surface area contributed by atoms with Crippen LogP contribution in [0.3, 0.4) is 0 Å². The molecular weight excluding hydrogens is 663 g/mol. The molecule has 1 aliphatic carbocycles. The van der Waals surface area contributed by atoms with Crippen molar-refractivity contribution >= 4 is 38.6 Å². The van der Waals surface area contributed by atoms with Crippen LogP contribution in [0.5, 0.6) is 0 Å². The van der Waals surface area contributed by atoms with Crippen LogP contribution in [-0.2, 0) is 5.41 Å². The van der Waals surface area contributed by atoms with E-state index in [0.717, 1.165) is 17.1 Å². The number of fused-ring (bicyclic) bond motifs is 8. The van der Waals surface area contributed by atoms with Crippen molar-refractivity contribution in [3.8, 4) is 44.5 Å². The Morgan fingerprint density at radius 1 is 0.382 bits per heavy atom. The number of hydrogen-bond donors (Lipinski definition) is 0. The lowest BCUT2D eigenvalue weighted by Gasteiger charge is -2.26. The largest absolute Gasteiger partial charge is 0.311 e. The molecule has 9 aromatic rings. The summed E-state index contributed by atoms with van der Waals surface area (Å²) >= 11 is 0. The van der Waals surface area contributed by atoms with E-state index in [1.807, 2.05) is 0 Å². The zero-order valence-electron chi connectivity index (χ0n) is 31.4. The van der Waals surface area contributed by atoms with E-state index in [1.54, 1.807) is 0 Å². The predicted octanol–water partition coefficient (Wildman–Crippen LogP) is 15.1. The van der Waals surface area contributed by atoms with Gasteiger partial charge in [0.25, 0.3) is 0 Å². The fourth-order valence-electron chi connectivity index (χ4n) is 9.06. The van der Waals surface area contributed by atoms with Gasteiger partial charge in [0.1, 0.15) is 0 Å². The van der Waals surface area contributed by atoms with Gasteiger partial charge >= 0.3 is 0 Å². The third kappa shape index (κ3) is 5.46. The normalized spacial score (nSPS) is 12.8. The van der Waals surface area contributed by atoms with Crippen LogP contribution in [0, 0.1) is 6.92 Å². The maximum absolute atomic E-state index is 2.45. The van der Waals surface area contributed by atoms with Crippen LogP contribution in [-0.4, -0.2) is 0 Å². The summed E-state index contributed by atoms with van der Waals surface area (Å²) in [7, 11) is 0. The second-order valence-corrected chi connectivity index (χ2v) is 15.4. The molecule has 1 aliphatic rings. The highest BCUT2D eigenvalue weighted by Gasteiger charge is 2.38. The molecule has 0 saturated carbocycles. The van der Waals surface area contributed by atoms with Crippen LogP contribution in [0.1, 0.15) is 30.5 Å². The summed E-state index contributed by atoms with van der Waals surface area (Å²) in [6, 6.07) is 71.0. The summed E-state index contributed by atoms with van der Waals surface area (Å²) in [5, 5.41) is 5.43. The molecule has 0 aliphatic heterocycles. The van der Waals surface area contributed by atoms with Crippen LogP contribution in [0.2, 0.25) is 0 Å². The van der Waals surface area contributed by atoms with E-state index in [1.165, 1.54) is 82.7 Å². The molecular formula is C54H41N. The Balaban J connectivity index is 1.04. The first kappa shape index (κ1) is 32.9. The summed E-state index contributed by atoms with van der Waals surface area (Å²) in [5.74, 6) is 0. The zero-order valence-corrected chi connectivity index (χ0v) is 31.4. The third-order valence-corrected chi connectivity index (χ3v) is 11.8. The summed E-state index contributed by atoms with van der Waals surface area (Å²) in [6.45, 7) is 7.06. The molecule has 0 radical (unpaired) electrons. The van der Waals surface area contributed by atoms with Gasteiger partial charge in [0.15, 0.2) is 0 Å². The van der Waals surface area contributed by atoms with Gasteiger partial charge in [-0.25, -0.2) is 0 Å². The van der Waals surface area contributed by atoms with E-state index in [4.69, 9.17) is 0 Å². The number of rotatable bonds is 6. The number of hydrogen-bond acceptors (Lipinski definition) is 1. The van der Waals surface area contributed by atoms with E-state index in [2.05, 4.69) is 220 Å². The smallest absolute Gasteiger partial charge is 0.0462 e.